The minimum Gasteiger partial charge on any atom is -0.452 e. The van der Waals surface area contributed by atoms with Gasteiger partial charge in [-0.3, -0.25) is 10.1 Å². The van der Waals surface area contributed by atoms with E-state index in [1.54, 1.807) is 6.92 Å². The molecule has 0 aliphatic rings. The molecule has 0 atom stereocenters. The van der Waals surface area contributed by atoms with E-state index >= 15 is 0 Å². The standard InChI is InChI=1S/C15H12ClFN2O4/c1-9-7-14(23-19-9)18-13(20)8-22-15(21)6-5-10-11(16)3-2-4-12(10)17/h2-7H,8H2,1H3,(H,18,20). The van der Waals surface area contributed by atoms with Gasteiger partial charge in [-0.15, -0.1) is 0 Å². The number of nitrogens with one attached hydrogen (secondary N) is 1. The number of nitrogens with zero attached hydrogens (tertiary/aromatic N) is 1. The molecule has 2 rings (SSSR count). The highest BCUT2D eigenvalue weighted by Gasteiger charge is 2.09. The van der Waals surface area contributed by atoms with Crippen LogP contribution in [-0.2, 0) is 14.3 Å². The molecule has 6 nitrogen and oxygen atoms in total. The van der Waals surface area contributed by atoms with E-state index in [0.717, 1.165) is 6.08 Å². The van der Waals surface area contributed by atoms with Gasteiger partial charge in [0.05, 0.1) is 10.7 Å². The fourth-order valence-electron chi connectivity index (χ4n) is 1.60. The van der Waals surface area contributed by atoms with Crippen molar-refractivity contribution in [2.45, 2.75) is 6.92 Å². The van der Waals surface area contributed by atoms with E-state index in [1.165, 1.54) is 30.3 Å². The molecule has 0 bridgehead atoms. The Hall–Kier alpha value is -2.67. The highest BCUT2D eigenvalue weighted by Crippen LogP contribution is 2.20. The maximum Gasteiger partial charge on any atom is 0.331 e. The zero-order chi connectivity index (χ0) is 16.8. The summed E-state index contributed by atoms with van der Waals surface area (Å²) in [7, 11) is 0. The molecule has 0 saturated carbocycles. The summed E-state index contributed by atoms with van der Waals surface area (Å²) in [5.41, 5.74) is 0.662. The number of rotatable bonds is 5. The second-order valence-corrected chi connectivity index (χ2v) is 4.86. The quantitative estimate of drug-likeness (QED) is 0.669. The summed E-state index contributed by atoms with van der Waals surface area (Å²) in [5, 5.41) is 6.11. The second-order valence-electron chi connectivity index (χ2n) is 4.46. The van der Waals surface area contributed by atoms with E-state index in [1.807, 2.05) is 0 Å². The van der Waals surface area contributed by atoms with Crippen LogP contribution in [0.4, 0.5) is 10.3 Å². The number of hydrogen-bond donors (Lipinski definition) is 1. The molecule has 1 aromatic heterocycles. The Kier molecular flexibility index (Phi) is 5.48. The molecule has 0 radical (unpaired) electrons. The van der Waals surface area contributed by atoms with E-state index in [0.29, 0.717) is 5.69 Å². The Bertz CT molecular complexity index is 737. The Labute approximate surface area is 135 Å². The van der Waals surface area contributed by atoms with Crippen LogP contribution in [0.3, 0.4) is 0 Å². The SMILES string of the molecule is Cc1cc(NC(=O)COC(=O)C=Cc2c(F)cccc2Cl)on1. The van der Waals surface area contributed by atoms with Gasteiger partial charge in [0.15, 0.2) is 6.61 Å². The maximum absolute atomic E-state index is 13.5. The monoisotopic (exact) mass is 338 g/mol. The van der Waals surface area contributed by atoms with Gasteiger partial charge in [0.25, 0.3) is 5.91 Å². The smallest absolute Gasteiger partial charge is 0.331 e. The Morgan fingerprint density at radius 3 is 2.91 bits per heavy atom. The lowest BCUT2D eigenvalue weighted by molar-refractivity contribution is -0.142. The van der Waals surface area contributed by atoms with E-state index in [4.69, 9.17) is 20.9 Å². The number of aromatic nitrogens is 1. The van der Waals surface area contributed by atoms with Gasteiger partial charge in [0, 0.05) is 17.7 Å². The molecule has 23 heavy (non-hydrogen) atoms. The summed E-state index contributed by atoms with van der Waals surface area (Å²) in [6, 6.07) is 5.66. The van der Waals surface area contributed by atoms with Crippen molar-refractivity contribution in [2.24, 2.45) is 0 Å². The van der Waals surface area contributed by atoms with Crippen molar-refractivity contribution in [3.05, 3.63) is 52.4 Å². The van der Waals surface area contributed by atoms with Crippen LogP contribution >= 0.6 is 11.6 Å². The van der Waals surface area contributed by atoms with E-state index < -0.39 is 24.3 Å². The lowest BCUT2D eigenvalue weighted by Gasteiger charge is -2.02. The minimum atomic E-state index is -0.812. The molecule has 0 fully saturated rings. The highest BCUT2D eigenvalue weighted by molar-refractivity contribution is 6.32. The van der Waals surface area contributed by atoms with Crippen LogP contribution in [0.2, 0.25) is 5.02 Å². The summed E-state index contributed by atoms with van der Waals surface area (Å²) in [4.78, 5) is 23.0. The van der Waals surface area contributed by atoms with Gasteiger partial charge < -0.3 is 9.26 Å². The molecule has 120 valence electrons. The number of hydrogen-bond acceptors (Lipinski definition) is 5. The first kappa shape index (κ1) is 16.7. The zero-order valence-corrected chi connectivity index (χ0v) is 12.8. The van der Waals surface area contributed by atoms with Crippen molar-refractivity contribution in [1.29, 1.82) is 0 Å². The maximum atomic E-state index is 13.5. The molecule has 1 N–H and O–H groups in total. The largest absolute Gasteiger partial charge is 0.452 e. The van der Waals surface area contributed by atoms with Crippen LogP contribution in [0.15, 0.2) is 34.9 Å². The third-order valence-electron chi connectivity index (χ3n) is 2.62. The topological polar surface area (TPSA) is 81.4 Å². The summed E-state index contributed by atoms with van der Waals surface area (Å²) in [6.45, 7) is 1.17. The van der Waals surface area contributed by atoms with Crippen molar-refractivity contribution in [3.8, 4) is 0 Å². The van der Waals surface area contributed by atoms with Crippen molar-refractivity contribution in [1.82, 2.24) is 5.16 Å². The van der Waals surface area contributed by atoms with E-state index in [9.17, 15) is 14.0 Å². The minimum absolute atomic E-state index is 0.0627. The van der Waals surface area contributed by atoms with Gasteiger partial charge in [0.1, 0.15) is 5.82 Å². The molecule has 0 aliphatic carbocycles. The Morgan fingerprint density at radius 2 is 2.26 bits per heavy atom. The zero-order valence-electron chi connectivity index (χ0n) is 12.0. The third kappa shape index (κ3) is 4.93. The van der Waals surface area contributed by atoms with Crippen LogP contribution in [-0.4, -0.2) is 23.6 Å². The normalized spacial score (nSPS) is 10.7. The number of benzene rings is 1. The van der Waals surface area contributed by atoms with Crippen molar-refractivity contribution < 1.29 is 23.2 Å². The molecular weight excluding hydrogens is 327 g/mol. The first-order valence-electron chi connectivity index (χ1n) is 6.47. The fourth-order valence-corrected chi connectivity index (χ4v) is 1.83. The molecular formula is C15H12ClFN2O4. The number of amides is 1. The van der Waals surface area contributed by atoms with Gasteiger partial charge in [-0.05, 0) is 25.1 Å². The van der Waals surface area contributed by atoms with Crippen molar-refractivity contribution in [2.75, 3.05) is 11.9 Å². The predicted molar refractivity (Wildman–Crippen MR) is 81.3 cm³/mol. The van der Waals surface area contributed by atoms with Crippen LogP contribution in [0.25, 0.3) is 6.08 Å². The lowest BCUT2D eigenvalue weighted by atomic mass is 10.2. The predicted octanol–water partition coefficient (Wildman–Crippen LogP) is 2.97. The average Bonchev–Trinajstić information content (AvgIpc) is 2.89. The molecule has 1 amide bonds. The number of carbonyl (C=O) groups is 2. The first-order chi connectivity index (χ1) is 11.0. The molecule has 0 spiro atoms. The molecule has 2 aromatic rings. The summed E-state index contributed by atoms with van der Waals surface area (Å²) in [5.74, 6) is -1.82. The van der Waals surface area contributed by atoms with Gasteiger partial charge in [-0.2, -0.15) is 0 Å². The van der Waals surface area contributed by atoms with Crippen LogP contribution in [0, 0.1) is 12.7 Å². The number of aryl methyl sites for hydroxylation is 1. The van der Waals surface area contributed by atoms with Gasteiger partial charge in [0.2, 0.25) is 5.88 Å². The summed E-state index contributed by atoms with van der Waals surface area (Å²) in [6.07, 6.45) is 2.16. The van der Waals surface area contributed by atoms with E-state index in [2.05, 4.69) is 10.5 Å². The molecule has 1 heterocycles. The number of esters is 1. The molecule has 0 aliphatic heterocycles. The van der Waals surface area contributed by atoms with Crippen molar-refractivity contribution >= 4 is 35.4 Å². The van der Waals surface area contributed by atoms with Crippen LogP contribution in [0.1, 0.15) is 11.3 Å². The molecule has 0 unspecified atom stereocenters. The van der Waals surface area contributed by atoms with Crippen LogP contribution in [0.5, 0.6) is 0 Å². The Morgan fingerprint density at radius 1 is 1.48 bits per heavy atom. The molecule has 1 aromatic carbocycles. The molecule has 8 heteroatoms. The first-order valence-corrected chi connectivity index (χ1v) is 6.85. The third-order valence-corrected chi connectivity index (χ3v) is 2.95. The Balaban J connectivity index is 1.85. The fraction of sp³-hybridized carbons (Fsp3) is 0.133. The van der Waals surface area contributed by atoms with Gasteiger partial charge in [-0.1, -0.05) is 22.8 Å². The number of halogens is 2. The summed E-state index contributed by atoms with van der Waals surface area (Å²) >= 11 is 5.81. The van der Waals surface area contributed by atoms with Gasteiger partial charge in [-0.25, -0.2) is 9.18 Å². The second kappa shape index (κ2) is 7.55. The number of carbonyl (C=O) groups excluding carboxylic acids is 2. The van der Waals surface area contributed by atoms with E-state index in [-0.39, 0.29) is 16.5 Å². The van der Waals surface area contributed by atoms with Gasteiger partial charge >= 0.3 is 5.97 Å². The average molecular weight is 339 g/mol. The number of anilines is 1. The van der Waals surface area contributed by atoms with Crippen LogP contribution < -0.4 is 5.32 Å². The summed E-state index contributed by atoms with van der Waals surface area (Å²) < 4.78 is 23.0. The van der Waals surface area contributed by atoms with Crippen molar-refractivity contribution in [3.63, 3.8) is 0 Å². The lowest BCUT2D eigenvalue weighted by Crippen LogP contribution is -2.19. The highest BCUT2D eigenvalue weighted by atomic mass is 35.5. The number of ether oxygens (including phenoxy) is 1. The molecule has 0 saturated heterocycles.